The van der Waals surface area contributed by atoms with Gasteiger partial charge in [-0.3, -0.25) is 9.59 Å². The maximum absolute atomic E-state index is 13.6. The molecule has 1 aromatic rings. The van der Waals surface area contributed by atoms with Gasteiger partial charge in [0.05, 0.1) is 5.92 Å². The Morgan fingerprint density at radius 2 is 2.26 bits per heavy atom. The predicted molar refractivity (Wildman–Crippen MR) is 69.9 cm³/mol. The number of carbonyl (C=O) groups is 2. The number of carboxylic acid groups (broad SMARTS) is 1. The van der Waals surface area contributed by atoms with Crippen LogP contribution in [0.2, 0.25) is 0 Å². The first kappa shape index (κ1) is 14.0. The lowest BCUT2D eigenvalue weighted by molar-refractivity contribution is -0.147. The predicted octanol–water partition coefficient (Wildman–Crippen LogP) is 2.41. The summed E-state index contributed by atoms with van der Waals surface area (Å²) < 4.78 is 14.4. The van der Waals surface area contributed by atoms with Crippen LogP contribution in [0, 0.1) is 11.7 Å². The fourth-order valence-corrected chi connectivity index (χ4v) is 2.55. The van der Waals surface area contributed by atoms with Gasteiger partial charge in [0.1, 0.15) is 5.82 Å². The number of rotatable bonds is 3. The van der Waals surface area contributed by atoms with Crippen LogP contribution in [0.3, 0.4) is 0 Å². The highest BCUT2D eigenvalue weighted by Crippen LogP contribution is 2.22. The van der Waals surface area contributed by atoms with Crippen LogP contribution in [0.25, 0.3) is 0 Å². The van der Waals surface area contributed by atoms with Gasteiger partial charge >= 0.3 is 5.97 Å². The molecule has 2 rings (SSSR count). The van der Waals surface area contributed by atoms with Crippen LogP contribution in [0.5, 0.6) is 0 Å². The normalized spacial score (nSPS) is 19.6. The fraction of sp³-hybridized carbons (Fsp3) is 0.385. The summed E-state index contributed by atoms with van der Waals surface area (Å²) in [5.41, 5.74) is 0.383. The molecule has 0 bridgehead atoms. The second-order valence-electron chi connectivity index (χ2n) is 4.58. The van der Waals surface area contributed by atoms with E-state index in [0.29, 0.717) is 12.0 Å². The van der Waals surface area contributed by atoms with E-state index in [9.17, 15) is 14.0 Å². The molecule has 0 spiro atoms. The van der Waals surface area contributed by atoms with Crippen molar-refractivity contribution in [2.75, 3.05) is 6.54 Å². The second kappa shape index (κ2) is 5.69. The van der Waals surface area contributed by atoms with Crippen molar-refractivity contribution in [3.8, 4) is 0 Å². The van der Waals surface area contributed by atoms with E-state index in [-0.39, 0.29) is 25.4 Å². The molecular weight excluding hydrogens is 317 g/mol. The van der Waals surface area contributed by atoms with Gasteiger partial charge in [-0.05, 0) is 24.6 Å². The Bertz CT molecular complexity index is 521. The number of carbonyl (C=O) groups excluding carboxylic acids is 1. The topological polar surface area (TPSA) is 57.6 Å². The number of hydrogen-bond donors (Lipinski definition) is 1. The molecule has 0 aromatic heterocycles. The summed E-state index contributed by atoms with van der Waals surface area (Å²) >= 11 is 3.25. The van der Waals surface area contributed by atoms with Crippen molar-refractivity contribution in [2.24, 2.45) is 5.92 Å². The largest absolute Gasteiger partial charge is 0.481 e. The molecule has 1 amide bonds. The van der Waals surface area contributed by atoms with Crippen molar-refractivity contribution in [3.05, 3.63) is 34.1 Å². The quantitative estimate of drug-likeness (QED) is 0.926. The highest BCUT2D eigenvalue weighted by Gasteiger charge is 2.30. The number of likely N-dealkylation sites (tertiary alicyclic amines) is 1. The molecule has 1 saturated heterocycles. The van der Waals surface area contributed by atoms with Crippen molar-refractivity contribution in [1.82, 2.24) is 4.90 Å². The molecule has 0 saturated carbocycles. The first-order valence-corrected chi connectivity index (χ1v) is 6.71. The van der Waals surface area contributed by atoms with E-state index < -0.39 is 17.7 Å². The Morgan fingerprint density at radius 3 is 2.95 bits per heavy atom. The number of piperidine rings is 1. The van der Waals surface area contributed by atoms with Crippen LogP contribution in [0.4, 0.5) is 4.39 Å². The minimum Gasteiger partial charge on any atom is -0.481 e. The summed E-state index contributed by atoms with van der Waals surface area (Å²) in [7, 11) is 0. The summed E-state index contributed by atoms with van der Waals surface area (Å²) in [5, 5.41) is 8.99. The molecule has 102 valence electrons. The van der Waals surface area contributed by atoms with E-state index in [4.69, 9.17) is 5.11 Å². The van der Waals surface area contributed by atoms with Crippen molar-refractivity contribution in [2.45, 2.75) is 19.4 Å². The lowest BCUT2D eigenvalue weighted by atomic mass is 9.97. The van der Waals surface area contributed by atoms with Crippen LogP contribution in [0.15, 0.2) is 22.7 Å². The smallest absolute Gasteiger partial charge is 0.308 e. The monoisotopic (exact) mass is 329 g/mol. The van der Waals surface area contributed by atoms with Gasteiger partial charge in [-0.15, -0.1) is 0 Å². The van der Waals surface area contributed by atoms with Crippen molar-refractivity contribution >= 4 is 27.8 Å². The number of halogens is 2. The van der Waals surface area contributed by atoms with E-state index in [0.717, 1.165) is 4.47 Å². The number of aliphatic carboxylic acids is 1. The number of benzene rings is 1. The summed E-state index contributed by atoms with van der Waals surface area (Å²) in [4.78, 5) is 24.1. The summed E-state index contributed by atoms with van der Waals surface area (Å²) in [6.07, 6.45) is 0.554. The van der Waals surface area contributed by atoms with Crippen molar-refractivity contribution in [1.29, 1.82) is 0 Å². The van der Waals surface area contributed by atoms with Gasteiger partial charge < -0.3 is 10.0 Å². The van der Waals surface area contributed by atoms with Gasteiger partial charge in [0.25, 0.3) is 0 Å². The minimum absolute atomic E-state index is 0.105. The number of carboxylic acids is 1. The van der Waals surface area contributed by atoms with Gasteiger partial charge in [-0.1, -0.05) is 15.9 Å². The Morgan fingerprint density at radius 1 is 1.53 bits per heavy atom. The SMILES string of the molecule is O=C(O)C1CCC(=O)N(Cc2cc(Br)ccc2F)C1. The van der Waals surface area contributed by atoms with E-state index >= 15 is 0 Å². The van der Waals surface area contributed by atoms with Crippen LogP contribution in [-0.4, -0.2) is 28.4 Å². The molecule has 1 unspecified atom stereocenters. The maximum atomic E-state index is 13.6. The van der Waals surface area contributed by atoms with E-state index in [1.165, 1.54) is 11.0 Å². The third-order valence-corrected chi connectivity index (χ3v) is 3.71. The number of nitrogens with zero attached hydrogens (tertiary/aromatic N) is 1. The van der Waals surface area contributed by atoms with Crippen molar-refractivity contribution < 1.29 is 19.1 Å². The number of hydrogen-bond acceptors (Lipinski definition) is 2. The zero-order chi connectivity index (χ0) is 14.0. The molecule has 1 N–H and O–H groups in total. The molecule has 6 heteroatoms. The first-order valence-electron chi connectivity index (χ1n) is 5.92. The molecule has 1 heterocycles. The van der Waals surface area contributed by atoms with E-state index in [1.807, 2.05) is 0 Å². The Kier molecular flexibility index (Phi) is 4.19. The molecule has 1 aliphatic heterocycles. The first-order chi connectivity index (χ1) is 8.97. The lowest BCUT2D eigenvalue weighted by Gasteiger charge is -2.30. The third-order valence-electron chi connectivity index (χ3n) is 3.22. The lowest BCUT2D eigenvalue weighted by Crippen LogP contribution is -2.42. The molecule has 4 nitrogen and oxygen atoms in total. The number of amides is 1. The summed E-state index contributed by atoms with van der Waals surface area (Å²) in [6, 6.07) is 4.51. The Labute approximate surface area is 118 Å². The third kappa shape index (κ3) is 3.32. The molecule has 1 atom stereocenters. The highest BCUT2D eigenvalue weighted by molar-refractivity contribution is 9.10. The van der Waals surface area contributed by atoms with Crippen LogP contribution in [-0.2, 0) is 16.1 Å². The molecule has 0 aliphatic carbocycles. The van der Waals surface area contributed by atoms with Gasteiger partial charge in [0, 0.05) is 29.5 Å². The average Bonchev–Trinajstić information content (AvgIpc) is 2.36. The zero-order valence-corrected chi connectivity index (χ0v) is 11.7. The molecule has 1 aliphatic rings. The van der Waals surface area contributed by atoms with E-state index in [2.05, 4.69) is 15.9 Å². The zero-order valence-electron chi connectivity index (χ0n) is 10.1. The highest BCUT2D eigenvalue weighted by atomic mass is 79.9. The Balaban J connectivity index is 2.14. The standard InChI is InChI=1S/C13H13BrFNO3/c14-10-2-3-11(15)9(5-10)7-16-6-8(13(18)19)1-4-12(16)17/h2-3,5,8H,1,4,6-7H2,(H,18,19). The summed E-state index contributed by atoms with van der Waals surface area (Å²) in [5.74, 6) is -1.99. The molecule has 1 fully saturated rings. The van der Waals surface area contributed by atoms with Crippen molar-refractivity contribution in [3.63, 3.8) is 0 Å². The maximum Gasteiger partial charge on any atom is 0.308 e. The van der Waals surface area contributed by atoms with Gasteiger partial charge in [-0.2, -0.15) is 0 Å². The van der Waals surface area contributed by atoms with Gasteiger partial charge in [0.2, 0.25) is 5.91 Å². The average molecular weight is 330 g/mol. The second-order valence-corrected chi connectivity index (χ2v) is 5.50. The molecule has 1 aromatic carbocycles. The molecule has 19 heavy (non-hydrogen) atoms. The summed E-state index contributed by atoms with van der Waals surface area (Å²) in [6.45, 7) is 0.244. The van der Waals surface area contributed by atoms with E-state index in [1.54, 1.807) is 12.1 Å². The molecule has 0 radical (unpaired) electrons. The van der Waals surface area contributed by atoms with Crippen LogP contribution < -0.4 is 0 Å². The van der Waals surface area contributed by atoms with Crippen LogP contribution in [0.1, 0.15) is 18.4 Å². The molecular formula is C13H13BrFNO3. The van der Waals surface area contributed by atoms with Gasteiger partial charge in [0.15, 0.2) is 0 Å². The van der Waals surface area contributed by atoms with Gasteiger partial charge in [-0.25, -0.2) is 4.39 Å². The fourth-order valence-electron chi connectivity index (χ4n) is 2.14. The van der Waals surface area contributed by atoms with Crippen LogP contribution >= 0.6 is 15.9 Å². The minimum atomic E-state index is -0.910. The Hall–Kier alpha value is -1.43.